The molecule has 6 heteroatoms. The summed E-state index contributed by atoms with van der Waals surface area (Å²) >= 11 is 0. The minimum absolute atomic E-state index is 0.0603. The number of aryl methyl sites for hydroxylation is 2. The van der Waals surface area contributed by atoms with Crippen molar-refractivity contribution < 1.29 is 8.42 Å². The van der Waals surface area contributed by atoms with Gasteiger partial charge in [0.1, 0.15) is 0 Å². The van der Waals surface area contributed by atoms with Crippen LogP contribution >= 0.6 is 0 Å². The van der Waals surface area contributed by atoms with Gasteiger partial charge in [0.05, 0.1) is 16.3 Å². The van der Waals surface area contributed by atoms with Crippen molar-refractivity contribution in [3.8, 4) is 0 Å². The van der Waals surface area contributed by atoms with Gasteiger partial charge in [0.25, 0.3) is 0 Å². The van der Waals surface area contributed by atoms with Crippen LogP contribution < -0.4 is 10.5 Å². The average Bonchev–Trinajstić information content (AvgIpc) is 2.41. The molecule has 0 spiro atoms. The quantitative estimate of drug-likeness (QED) is 0.909. The largest absolute Gasteiger partial charge is 0.377 e. The molecule has 1 unspecified atom stereocenters. The molecule has 1 aromatic heterocycles. The summed E-state index contributed by atoms with van der Waals surface area (Å²) in [5, 5.41) is 8.50. The van der Waals surface area contributed by atoms with Crippen molar-refractivity contribution in [2.45, 2.75) is 31.7 Å². The maximum absolute atomic E-state index is 11.4. The van der Waals surface area contributed by atoms with E-state index in [4.69, 9.17) is 5.14 Å². The third-order valence-electron chi connectivity index (χ3n) is 3.28. The van der Waals surface area contributed by atoms with E-state index in [1.165, 1.54) is 6.07 Å². The molecule has 0 saturated carbocycles. The summed E-state index contributed by atoms with van der Waals surface area (Å²) in [5.41, 5.74) is 3.64. The van der Waals surface area contributed by atoms with Gasteiger partial charge in [-0.15, -0.1) is 0 Å². The average molecular weight is 305 g/mol. The number of nitrogens with one attached hydrogen (secondary N) is 1. The lowest BCUT2D eigenvalue weighted by molar-refractivity contribution is 0.597. The minimum atomic E-state index is -3.69. The smallest absolute Gasteiger partial charge is 0.238 e. The highest BCUT2D eigenvalue weighted by atomic mass is 32.2. The van der Waals surface area contributed by atoms with Crippen molar-refractivity contribution in [3.63, 3.8) is 0 Å². The second kappa shape index (κ2) is 5.83. The summed E-state index contributed by atoms with van der Waals surface area (Å²) in [4.78, 5) is 4.52. The SMILES string of the molecule is Cc1ccc(NC(C)c2cccc(S(N)(=O)=O)c2)c(C)n1. The fourth-order valence-electron chi connectivity index (χ4n) is 2.12. The molecular weight excluding hydrogens is 286 g/mol. The van der Waals surface area contributed by atoms with E-state index in [1.54, 1.807) is 12.1 Å². The van der Waals surface area contributed by atoms with Gasteiger partial charge < -0.3 is 5.32 Å². The van der Waals surface area contributed by atoms with Crippen molar-refractivity contribution in [3.05, 3.63) is 53.3 Å². The van der Waals surface area contributed by atoms with Crippen molar-refractivity contribution >= 4 is 15.7 Å². The zero-order chi connectivity index (χ0) is 15.6. The van der Waals surface area contributed by atoms with Crippen LogP contribution in [0.4, 0.5) is 5.69 Å². The number of rotatable bonds is 4. The first kappa shape index (κ1) is 15.5. The first-order valence-corrected chi connectivity index (χ1v) is 8.15. The van der Waals surface area contributed by atoms with E-state index in [1.807, 2.05) is 39.0 Å². The summed E-state index contributed by atoms with van der Waals surface area (Å²) in [7, 11) is -3.69. The lowest BCUT2D eigenvalue weighted by Crippen LogP contribution is -2.14. The second-order valence-corrected chi connectivity index (χ2v) is 6.63. The zero-order valence-corrected chi connectivity index (χ0v) is 13.1. The van der Waals surface area contributed by atoms with Gasteiger partial charge in [-0.3, -0.25) is 4.98 Å². The highest BCUT2D eigenvalue weighted by molar-refractivity contribution is 7.89. The van der Waals surface area contributed by atoms with Crippen LogP contribution in [-0.2, 0) is 10.0 Å². The van der Waals surface area contributed by atoms with Crippen LogP contribution in [0, 0.1) is 13.8 Å². The monoisotopic (exact) mass is 305 g/mol. The number of anilines is 1. The van der Waals surface area contributed by atoms with Crippen LogP contribution in [0.1, 0.15) is 29.9 Å². The van der Waals surface area contributed by atoms with Crippen LogP contribution in [0.5, 0.6) is 0 Å². The Morgan fingerprint density at radius 3 is 2.52 bits per heavy atom. The molecule has 1 atom stereocenters. The molecule has 21 heavy (non-hydrogen) atoms. The van der Waals surface area contributed by atoms with E-state index in [2.05, 4.69) is 10.3 Å². The lowest BCUT2D eigenvalue weighted by atomic mass is 10.1. The number of nitrogens with two attached hydrogens (primary N) is 1. The maximum Gasteiger partial charge on any atom is 0.238 e. The van der Waals surface area contributed by atoms with Crippen molar-refractivity contribution in [1.82, 2.24) is 4.98 Å². The molecule has 1 heterocycles. The fourth-order valence-corrected chi connectivity index (χ4v) is 2.69. The van der Waals surface area contributed by atoms with Gasteiger partial charge in [0, 0.05) is 11.7 Å². The number of sulfonamides is 1. The molecule has 5 nitrogen and oxygen atoms in total. The Hall–Kier alpha value is -1.92. The number of primary sulfonamides is 1. The molecule has 0 fully saturated rings. The molecule has 0 aliphatic carbocycles. The topological polar surface area (TPSA) is 85.1 Å². The number of nitrogens with zero attached hydrogens (tertiary/aromatic N) is 1. The molecule has 0 saturated heterocycles. The zero-order valence-electron chi connectivity index (χ0n) is 12.3. The molecule has 1 aromatic carbocycles. The number of aromatic nitrogens is 1. The van der Waals surface area contributed by atoms with Crippen molar-refractivity contribution in [2.75, 3.05) is 5.32 Å². The minimum Gasteiger partial charge on any atom is -0.377 e. The van der Waals surface area contributed by atoms with Crippen LogP contribution in [0.2, 0.25) is 0 Å². The molecule has 0 aliphatic heterocycles. The fraction of sp³-hybridized carbons (Fsp3) is 0.267. The molecule has 112 valence electrons. The number of pyridine rings is 1. The summed E-state index contributed by atoms with van der Waals surface area (Å²) in [6, 6.07) is 10.5. The van der Waals surface area contributed by atoms with Crippen LogP contribution in [0.3, 0.4) is 0 Å². The summed E-state index contributed by atoms with van der Waals surface area (Å²) in [6.45, 7) is 5.83. The summed E-state index contributed by atoms with van der Waals surface area (Å²) < 4.78 is 22.8. The van der Waals surface area contributed by atoms with Gasteiger partial charge in [0.15, 0.2) is 0 Å². The van der Waals surface area contributed by atoms with Gasteiger partial charge in [0.2, 0.25) is 10.0 Å². The highest BCUT2D eigenvalue weighted by Crippen LogP contribution is 2.23. The molecule has 0 bridgehead atoms. The van der Waals surface area contributed by atoms with E-state index in [0.29, 0.717) is 0 Å². The predicted octanol–water partition coefficient (Wildman–Crippen LogP) is 2.52. The molecule has 2 aromatic rings. The van der Waals surface area contributed by atoms with E-state index in [0.717, 1.165) is 22.6 Å². The van der Waals surface area contributed by atoms with Crippen LogP contribution in [0.15, 0.2) is 41.3 Å². The van der Waals surface area contributed by atoms with Crippen LogP contribution in [-0.4, -0.2) is 13.4 Å². The Kier molecular flexibility index (Phi) is 4.29. The normalized spacial score (nSPS) is 13.0. The Bertz CT molecular complexity index is 757. The third kappa shape index (κ3) is 3.80. The third-order valence-corrected chi connectivity index (χ3v) is 4.19. The Balaban J connectivity index is 2.26. The van der Waals surface area contributed by atoms with E-state index in [9.17, 15) is 8.42 Å². The van der Waals surface area contributed by atoms with E-state index >= 15 is 0 Å². The highest BCUT2D eigenvalue weighted by Gasteiger charge is 2.12. The maximum atomic E-state index is 11.4. The number of hydrogen-bond acceptors (Lipinski definition) is 4. The molecule has 0 amide bonds. The van der Waals surface area contributed by atoms with Gasteiger partial charge >= 0.3 is 0 Å². The van der Waals surface area contributed by atoms with Crippen LogP contribution in [0.25, 0.3) is 0 Å². The van der Waals surface area contributed by atoms with Gasteiger partial charge in [-0.2, -0.15) is 0 Å². The Morgan fingerprint density at radius 2 is 1.90 bits per heavy atom. The number of hydrogen-bond donors (Lipinski definition) is 2. The predicted molar refractivity (Wildman–Crippen MR) is 83.6 cm³/mol. The van der Waals surface area contributed by atoms with Gasteiger partial charge in [-0.05, 0) is 50.6 Å². The Labute approximate surface area is 125 Å². The van der Waals surface area contributed by atoms with Crippen molar-refractivity contribution in [2.24, 2.45) is 5.14 Å². The van der Waals surface area contributed by atoms with Gasteiger partial charge in [-0.1, -0.05) is 12.1 Å². The Morgan fingerprint density at radius 1 is 1.19 bits per heavy atom. The van der Waals surface area contributed by atoms with E-state index < -0.39 is 10.0 Å². The first-order valence-electron chi connectivity index (χ1n) is 6.61. The standard InChI is InChI=1S/C15H19N3O2S/c1-10-7-8-15(12(3)17-10)18-11(2)13-5-4-6-14(9-13)21(16,19)20/h4-9,11,18H,1-3H3,(H2,16,19,20). The molecule has 0 aliphatic rings. The molecule has 2 rings (SSSR count). The second-order valence-electron chi connectivity index (χ2n) is 5.07. The van der Waals surface area contributed by atoms with Crippen molar-refractivity contribution in [1.29, 1.82) is 0 Å². The summed E-state index contributed by atoms with van der Waals surface area (Å²) in [5.74, 6) is 0. The van der Waals surface area contributed by atoms with Gasteiger partial charge in [-0.25, -0.2) is 13.6 Å². The van der Waals surface area contributed by atoms with E-state index in [-0.39, 0.29) is 10.9 Å². The summed E-state index contributed by atoms with van der Waals surface area (Å²) in [6.07, 6.45) is 0. The first-order chi connectivity index (χ1) is 9.77. The lowest BCUT2D eigenvalue weighted by Gasteiger charge is -2.17. The number of benzene rings is 1. The molecule has 0 radical (unpaired) electrons. The molecule has 3 N–H and O–H groups in total. The molecular formula is C15H19N3O2S.